The van der Waals surface area contributed by atoms with Gasteiger partial charge in [0.15, 0.2) is 5.78 Å². The Bertz CT molecular complexity index is 3950. The van der Waals surface area contributed by atoms with E-state index in [4.69, 9.17) is 27.9 Å². The standard InChI is InChI=1S/C22H25ClN2O3.2C15H21NO2.C13H19NO2.C13H17NO2.C7H4ClNO.CH4/c1-3-22(13-4-5-14-25(2)20(22)26)16-7-6-8-19(15-16)28-21(27)24-18-11-9-17(23)10-12-18;2*1-3-15(12-7-6-8-13(17)11-12)9-4-5-10-16(2)14(15)18;2*1-14-8-3-2-7-12(13(14)16)10-5-4-6-11(15)9-10;8-7-3-1-6(2-4-7)5-9-10;/h6-12,15H,3-5,13-14H2,1-2H3,(H,24,27);2*6-8,11,17H,3-5,9-10H2,1-2H3;9,12H,2-8H2,1H3;4-6,9,12,15H,2-3,7-8H2,1H3;1-4H;1H4. The number of hydrogen-bond donors (Lipinski definition) is 4. The lowest BCUT2D eigenvalue weighted by molar-refractivity contribution is -0.136. The Balaban J connectivity index is 0.000000205. The number of likely N-dealkylation sites (N-methyl/N-ethyl adjacent to an activating group) is 4. The minimum atomic E-state index is -0.589. The number of aromatic hydroxyl groups is 3. The van der Waals surface area contributed by atoms with Crippen molar-refractivity contribution in [2.45, 2.75) is 185 Å². The van der Waals surface area contributed by atoms with E-state index in [-0.39, 0.29) is 71.8 Å². The number of phenols is 3. The third-order valence-electron chi connectivity index (χ3n) is 21.4. The van der Waals surface area contributed by atoms with Crippen molar-refractivity contribution in [3.8, 4) is 29.1 Å². The lowest BCUT2D eigenvalue weighted by atomic mass is 9.73. The van der Waals surface area contributed by atoms with Crippen LogP contribution in [0.5, 0.6) is 23.0 Å². The van der Waals surface area contributed by atoms with Gasteiger partial charge in [-0.15, -0.1) is 0 Å². The smallest absolute Gasteiger partial charge is 0.417 e. The number of amides is 6. The molecular formula is C86H111Cl2N7O12. The zero-order valence-electron chi connectivity index (χ0n) is 62.9. The number of ether oxygens (including phenoxy) is 1. The number of likely N-dealkylation sites (tertiary alicyclic amines) is 5. The Morgan fingerprint density at radius 3 is 1.35 bits per heavy atom. The lowest BCUT2D eigenvalue weighted by Gasteiger charge is -2.33. The van der Waals surface area contributed by atoms with Crippen molar-refractivity contribution in [1.29, 1.82) is 0 Å². The van der Waals surface area contributed by atoms with Gasteiger partial charge in [0.25, 0.3) is 0 Å². The maximum atomic E-state index is 13.1. The number of anilines is 1. The van der Waals surface area contributed by atoms with E-state index in [1.807, 2.05) is 110 Å². The molecule has 5 atom stereocenters. The molecule has 6 aromatic rings. The second-order valence-electron chi connectivity index (χ2n) is 28.5. The Labute approximate surface area is 643 Å². The number of nitrogens with one attached hydrogen (secondary N) is 1. The van der Waals surface area contributed by atoms with Crippen molar-refractivity contribution in [2.24, 2.45) is 5.92 Å². The molecule has 5 saturated heterocycles. The van der Waals surface area contributed by atoms with E-state index in [2.05, 4.69) is 30.2 Å². The first-order valence-electron chi connectivity index (χ1n) is 37.4. The summed E-state index contributed by atoms with van der Waals surface area (Å²) in [6.07, 6.45) is 20.8. The maximum absolute atomic E-state index is 13.1. The molecule has 5 heterocycles. The summed E-state index contributed by atoms with van der Waals surface area (Å²) in [6.45, 7) is 10.3. The molecule has 5 unspecified atom stereocenters. The molecule has 12 rings (SSSR count). The summed E-state index contributed by atoms with van der Waals surface area (Å²) in [6, 6.07) is 44.4. The largest absolute Gasteiger partial charge is 0.508 e. The average molecular weight is 1510 g/mol. The van der Waals surface area contributed by atoms with Gasteiger partial charge in [0.05, 0.1) is 28.1 Å². The van der Waals surface area contributed by atoms with E-state index in [1.165, 1.54) is 0 Å². The van der Waals surface area contributed by atoms with Crippen molar-refractivity contribution in [2.75, 3.05) is 73.3 Å². The summed E-state index contributed by atoms with van der Waals surface area (Å²) in [5, 5.41) is 44.8. The predicted molar refractivity (Wildman–Crippen MR) is 426 cm³/mol. The van der Waals surface area contributed by atoms with Crippen molar-refractivity contribution < 1.29 is 53.6 Å². The van der Waals surface area contributed by atoms with Gasteiger partial charge >= 0.3 is 12.2 Å². The van der Waals surface area contributed by atoms with E-state index in [9.17, 15) is 54.1 Å². The molecule has 6 amide bonds. The Kier molecular flexibility index (Phi) is 34.2. The highest BCUT2D eigenvalue weighted by atomic mass is 35.5. The quantitative estimate of drug-likeness (QED) is 0.0936. The van der Waals surface area contributed by atoms with E-state index in [1.54, 1.807) is 108 Å². The summed E-state index contributed by atoms with van der Waals surface area (Å²) in [7, 11) is 9.33. The summed E-state index contributed by atoms with van der Waals surface area (Å²) in [4.78, 5) is 95.3. The van der Waals surface area contributed by atoms with E-state index in [0.29, 0.717) is 39.9 Å². The molecule has 19 nitrogen and oxygen atoms in total. The third-order valence-corrected chi connectivity index (χ3v) is 21.9. The molecule has 21 heteroatoms. The molecule has 6 aromatic carbocycles. The number of rotatable bonds is 10. The van der Waals surface area contributed by atoms with Crippen molar-refractivity contribution in [1.82, 2.24) is 24.5 Å². The predicted octanol–water partition coefficient (Wildman–Crippen LogP) is 17.8. The van der Waals surface area contributed by atoms with Crippen LogP contribution in [0.4, 0.5) is 10.5 Å². The maximum Gasteiger partial charge on any atom is 0.417 e. The number of halogens is 2. The average Bonchev–Trinajstić information content (AvgIpc) is 1.75. The minimum Gasteiger partial charge on any atom is -0.508 e. The first-order chi connectivity index (χ1) is 50.8. The Hall–Kier alpha value is -9.38. The van der Waals surface area contributed by atoms with Gasteiger partial charge in [0.1, 0.15) is 28.6 Å². The van der Waals surface area contributed by atoms with Crippen molar-refractivity contribution in [3.63, 3.8) is 0 Å². The minimum absolute atomic E-state index is 0. The number of hydrogen-bond acceptors (Lipinski definition) is 12. The second-order valence-corrected chi connectivity index (χ2v) is 29.3. The number of nitrogens with zero attached hydrogens (tertiary/aromatic N) is 6. The van der Waals surface area contributed by atoms with Crippen LogP contribution in [0.1, 0.15) is 197 Å². The zero-order chi connectivity index (χ0) is 77.0. The third kappa shape index (κ3) is 23.8. The van der Waals surface area contributed by atoms with Crippen LogP contribution in [-0.2, 0) is 45.0 Å². The van der Waals surface area contributed by atoms with Gasteiger partial charge in [0.2, 0.25) is 29.5 Å². The number of carbonyl (C=O) groups excluding carboxylic acids is 7. The second kappa shape index (κ2) is 42.2. The van der Waals surface area contributed by atoms with Crippen LogP contribution in [0.15, 0.2) is 157 Å². The first kappa shape index (κ1) is 86.5. The molecular weight excluding hydrogens is 1390 g/mol. The summed E-state index contributed by atoms with van der Waals surface area (Å²) in [5.74, 6) is 2.10. The molecule has 576 valence electrons. The highest BCUT2D eigenvalue weighted by molar-refractivity contribution is 6.31. The molecule has 0 radical (unpaired) electrons. The van der Waals surface area contributed by atoms with Crippen LogP contribution in [-0.4, -0.2) is 149 Å². The Morgan fingerprint density at radius 1 is 0.505 bits per heavy atom. The van der Waals surface area contributed by atoms with Gasteiger partial charge in [-0.05, 0) is 222 Å². The molecule has 0 bridgehead atoms. The summed E-state index contributed by atoms with van der Waals surface area (Å²) in [5.41, 5.74) is 4.55. The summed E-state index contributed by atoms with van der Waals surface area (Å²) >= 11 is 11.4. The first-order valence-corrected chi connectivity index (χ1v) is 38.2. The molecule has 4 N–H and O–H groups in total. The van der Waals surface area contributed by atoms with Crippen LogP contribution >= 0.6 is 23.2 Å². The SMILES string of the molecule is C.CCC1(c2cccc(O)c2)CCCCN(C)C1=O.CCC1(c2cccc(O)c2)CCCCN(C)C1=O.CCC1(c2cccc(OC(=O)Nc3ccc(Cl)cc3)c2)CCCCN(C)C1=O.CN1CCCCC(C2=CC(=O)CCC2)C1=O.CN1CCCCC(c2cccc(O)c2)C1=O.[O-][N+]#Cc1ccc(Cl)cc1. The highest BCUT2D eigenvalue weighted by Crippen LogP contribution is 2.42. The molecule has 107 heavy (non-hydrogen) atoms. The van der Waals surface area contributed by atoms with Gasteiger partial charge in [-0.3, -0.25) is 34.1 Å². The highest BCUT2D eigenvalue weighted by Gasteiger charge is 2.44. The van der Waals surface area contributed by atoms with Crippen LogP contribution in [0, 0.1) is 17.2 Å². The number of phenolic OH excluding ortho intramolecular Hbond substituents is 3. The Morgan fingerprint density at radius 2 is 0.907 bits per heavy atom. The van der Waals surface area contributed by atoms with E-state index >= 15 is 0 Å². The molecule has 0 aromatic heterocycles. The molecule has 6 aliphatic rings. The van der Waals surface area contributed by atoms with Gasteiger partial charge in [-0.1, -0.05) is 138 Å². The topological polar surface area (TPSA) is 245 Å². The number of ketones is 1. The van der Waals surface area contributed by atoms with Gasteiger partial charge < -0.3 is 49.8 Å². The number of allylic oxidation sites excluding steroid dienone is 1. The van der Waals surface area contributed by atoms with E-state index < -0.39 is 22.3 Å². The lowest BCUT2D eigenvalue weighted by Crippen LogP contribution is -2.43. The van der Waals surface area contributed by atoms with Crippen LogP contribution in [0.2, 0.25) is 10.0 Å². The molecule has 0 spiro atoms. The van der Waals surface area contributed by atoms with Gasteiger partial charge in [-0.2, -0.15) is 0 Å². The van der Waals surface area contributed by atoms with E-state index in [0.717, 1.165) is 183 Å². The molecule has 1 aliphatic carbocycles. The fourth-order valence-electron chi connectivity index (χ4n) is 15.2. The normalized spacial score (nSPS) is 21.8. The molecule has 0 saturated carbocycles. The summed E-state index contributed by atoms with van der Waals surface area (Å²) < 4.78 is 5.45. The molecule has 5 fully saturated rings. The zero-order valence-corrected chi connectivity index (χ0v) is 64.4. The fraction of sp³-hybridized carbons (Fsp3) is 0.465. The van der Waals surface area contributed by atoms with Gasteiger partial charge in [-0.25, -0.2) is 4.79 Å². The monoisotopic (exact) mass is 1500 g/mol. The van der Waals surface area contributed by atoms with Crippen LogP contribution in [0.3, 0.4) is 0 Å². The molecule has 5 aliphatic heterocycles. The van der Waals surface area contributed by atoms with Crippen LogP contribution in [0.25, 0.3) is 5.01 Å². The number of carbonyl (C=O) groups is 7. The van der Waals surface area contributed by atoms with Crippen molar-refractivity contribution in [3.05, 3.63) is 205 Å². The fourth-order valence-corrected chi connectivity index (χ4v) is 15.4. The number of benzene rings is 6. The van der Waals surface area contributed by atoms with Crippen molar-refractivity contribution >= 4 is 70.3 Å². The van der Waals surface area contributed by atoms with Gasteiger partial charge in [0, 0.05) is 95.1 Å². The van der Waals surface area contributed by atoms with Crippen LogP contribution < -0.4 is 10.1 Å².